The molecular weight excluding hydrogens is 250 g/mol. The van der Waals surface area contributed by atoms with E-state index in [9.17, 15) is 4.79 Å². The van der Waals surface area contributed by atoms with Crippen LogP contribution in [0, 0.1) is 6.92 Å². The minimum Gasteiger partial charge on any atom is -0.385 e. The molecule has 1 aromatic carbocycles. The highest BCUT2D eigenvalue weighted by atomic mass is 16.1. The summed E-state index contributed by atoms with van der Waals surface area (Å²) in [6, 6.07) is 9.53. The maximum Gasteiger partial charge on any atom is 0.256 e. The molecule has 1 amide bonds. The third-order valence-electron chi connectivity index (χ3n) is 3.46. The lowest BCUT2D eigenvalue weighted by Crippen LogP contribution is -2.16. The van der Waals surface area contributed by atoms with Gasteiger partial charge in [0.15, 0.2) is 0 Å². The Morgan fingerprint density at radius 1 is 1.30 bits per heavy atom. The second kappa shape index (κ2) is 5.33. The summed E-state index contributed by atoms with van der Waals surface area (Å²) >= 11 is 0. The van der Waals surface area contributed by atoms with Crippen LogP contribution in [0.15, 0.2) is 36.5 Å². The van der Waals surface area contributed by atoms with Crippen LogP contribution in [0.4, 0.5) is 11.5 Å². The molecule has 1 aliphatic rings. The minimum absolute atomic E-state index is 0.116. The molecule has 0 atom stereocenters. The molecule has 2 N–H and O–H groups in total. The molecule has 0 unspecified atom stereocenters. The van der Waals surface area contributed by atoms with Crippen LogP contribution in [0.2, 0.25) is 0 Å². The van der Waals surface area contributed by atoms with E-state index in [1.807, 2.05) is 37.3 Å². The summed E-state index contributed by atoms with van der Waals surface area (Å²) in [4.78, 5) is 16.4. The molecular formula is C16H17N3O. The highest BCUT2D eigenvalue weighted by Gasteiger charge is 2.12. The van der Waals surface area contributed by atoms with Gasteiger partial charge in [-0.3, -0.25) is 4.79 Å². The van der Waals surface area contributed by atoms with Crippen molar-refractivity contribution in [3.63, 3.8) is 0 Å². The van der Waals surface area contributed by atoms with Crippen LogP contribution in [-0.4, -0.2) is 17.4 Å². The van der Waals surface area contributed by atoms with E-state index in [1.54, 1.807) is 6.20 Å². The van der Waals surface area contributed by atoms with E-state index < -0.39 is 0 Å². The molecule has 20 heavy (non-hydrogen) atoms. The van der Waals surface area contributed by atoms with Gasteiger partial charge in [-0.25, -0.2) is 4.98 Å². The van der Waals surface area contributed by atoms with Gasteiger partial charge in [-0.15, -0.1) is 0 Å². The number of anilines is 2. The third kappa shape index (κ3) is 2.64. The van der Waals surface area contributed by atoms with E-state index in [4.69, 9.17) is 0 Å². The van der Waals surface area contributed by atoms with E-state index in [1.165, 1.54) is 5.56 Å². The maximum absolute atomic E-state index is 12.2. The lowest BCUT2D eigenvalue weighted by atomic mass is 10.0. The Morgan fingerprint density at radius 2 is 2.20 bits per heavy atom. The second-order valence-electron chi connectivity index (χ2n) is 5.08. The summed E-state index contributed by atoms with van der Waals surface area (Å²) in [6.45, 7) is 2.97. The van der Waals surface area contributed by atoms with E-state index in [0.717, 1.165) is 30.6 Å². The van der Waals surface area contributed by atoms with Crippen molar-refractivity contribution in [1.82, 2.24) is 4.98 Å². The van der Waals surface area contributed by atoms with Crippen LogP contribution in [-0.2, 0) is 6.42 Å². The molecule has 2 aromatic rings. The number of amides is 1. The van der Waals surface area contributed by atoms with Gasteiger partial charge < -0.3 is 10.6 Å². The van der Waals surface area contributed by atoms with Crippen LogP contribution in [0.25, 0.3) is 0 Å². The Kier molecular flexibility index (Phi) is 3.37. The molecule has 4 nitrogen and oxygen atoms in total. The van der Waals surface area contributed by atoms with Gasteiger partial charge in [0.2, 0.25) is 0 Å². The van der Waals surface area contributed by atoms with Crippen molar-refractivity contribution < 1.29 is 4.79 Å². The molecule has 2 heterocycles. The molecule has 0 saturated heterocycles. The number of nitrogens with zero attached hydrogens (tertiary/aromatic N) is 1. The van der Waals surface area contributed by atoms with E-state index in [2.05, 4.69) is 15.6 Å². The molecule has 0 saturated carbocycles. The summed E-state index contributed by atoms with van der Waals surface area (Å²) in [7, 11) is 0. The molecule has 102 valence electrons. The minimum atomic E-state index is -0.116. The molecule has 4 heteroatoms. The van der Waals surface area contributed by atoms with Crippen LogP contribution >= 0.6 is 0 Å². The monoisotopic (exact) mass is 267 g/mol. The van der Waals surface area contributed by atoms with Gasteiger partial charge in [-0.05, 0) is 55.2 Å². The summed E-state index contributed by atoms with van der Waals surface area (Å²) in [5.41, 5.74) is 4.10. The smallest absolute Gasteiger partial charge is 0.256 e. The quantitative estimate of drug-likeness (QED) is 0.879. The SMILES string of the molecule is Cc1ccc(NC(=O)c2ccc3c(c2)CCCN3)nc1. The van der Waals surface area contributed by atoms with E-state index in [-0.39, 0.29) is 5.91 Å². The summed E-state index contributed by atoms with van der Waals surface area (Å²) in [5, 5.41) is 6.16. The number of benzene rings is 1. The van der Waals surface area contributed by atoms with Crippen molar-refractivity contribution in [2.45, 2.75) is 19.8 Å². The largest absolute Gasteiger partial charge is 0.385 e. The lowest BCUT2D eigenvalue weighted by molar-refractivity contribution is 0.102. The van der Waals surface area contributed by atoms with Gasteiger partial charge in [-0.2, -0.15) is 0 Å². The van der Waals surface area contributed by atoms with E-state index >= 15 is 0 Å². The number of aromatic nitrogens is 1. The first-order valence-corrected chi connectivity index (χ1v) is 6.83. The number of pyridine rings is 1. The molecule has 1 aliphatic heterocycles. The Morgan fingerprint density at radius 3 is 3.00 bits per heavy atom. The van der Waals surface area contributed by atoms with Crippen LogP contribution < -0.4 is 10.6 Å². The number of carbonyl (C=O) groups excluding carboxylic acids is 1. The average molecular weight is 267 g/mol. The number of aryl methyl sites for hydroxylation is 2. The van der Waals surface area contributed by atoms with Crippen molar-refractivity contribution in [1.29, 1.82) is 0 Å². The van der Waals surface area contributed by atoms with Crippen molar-refractivity contribution in [2.75, 3.05) is 17.2 Å². The molecule has 1 aromatic heterocycles. The van der Waals surface area contributed by atoms with Crippen molar-refractivity contribution >= 4 is 17.4 Å². The Labute approximate surface area is 118 Å². The van der Waals surface area contributed by atoms with Gasteiger partial charge in [0.1, 0.15) is 5.82 Å². The third-order valence-corrected chi connectivity index (χ3v) is 3.46. The predicted molar refractivity (Wildman–Crippen MR) is 80.2 cm³/mol. The zero-order chi connectivity index (χ0) is 13.9. The number of fused-ring (bicyclic) bond motifs is 1. The summed E-state index contributed by atoms with van der Waals surface area (Å²) < 4.78 is 0. The maximum atomic E-state index is 12.2. The highest BCUT2D eigenvalue weighted by molar-refractivity contribution is 6.04. The second-order valence-corrected chi connectivity index (χ2v) is 5.08. The standard InChI is InChI=1S/C16H17N3O/c1-11-4-7-15(18-10-11)19-16(20)13-5-6-14-12(9-13)3-2-8-17-14/h4-7,9-10,17H,2-3,8H2,1H3,(H,18,19,20). The van der Waals surface area contributed by atoms with Crippen molar-refractivity contribution in [3.05, 3.63) is 53.2 Å². The first-order chi connectivity index (χ1) is 9.72. The van der Waals surface area contributed by atoms with Gasteiger partial charge in [0.25, 0.3) is 5.91 Å². The van der Waals surface area contributed by atoms with Crippen LogP contribution in [0.5, 0.6) is 0 Å². The van der Waals surface area contributed by atoms with Crippen molar-refractivity contribution in [2.24, 2.45) is 0 Å². The normalized spacial score (nSPS) is 13.2. The van der Waals surface area contributed by atoms with Gasteiger partial charge in [0, 0.05) is 24.0 Å². The van der Waals surface area contributed by atoms with Gasteiger partial charge in [0.05, 0.1) is 0 Å². The zero-order valence-electron chi connectivity index (χ0n) is 11.4. The fraction of sp³-hybridized carbons (Fsp3) is 0.250. The molecule has 0 spiro atoms. The molecule has 0 bridgehead atoms. The number of rotatable bonds is 2. The summed E-state index contributed by atoms with van der Waals surface area (Å²) in [6.07, 6.45) is 3.87. The first-order valence-electron chi connectivity index (χ1n) is 6.83. The predicted octanol–water partition coefficient (Wildman–Crippen LogP) is 3.00. The van der Waals surface area contributed by atoms with E-state index in [0.29, 0.717) is 11.4 Å². The van der Waals surface area contributed by atoms with Gasteiger partial charge >= 0.3 is 0 Å². The topological polar surface area (TPSA) is 54.0 Å². The highest BCUT2D eigenvalue weighted by Crippen LogP contribution is 2.23. The summed E-state index contributed by atoms with van der Waals surface area (Å²) in [5.74, 6) is 0.464. The number of nitrogens with one attached hydrogen (secondary N) is 2. The first kappa shape index (κ1) is 12.7. The molecule has 0 radical (unpaired) electrons. The van der Waals surface area contributed by atoms with Crippen molar-refractivity contribution in [3.8, 4) is 0 Å². The Balaban J connectivity index is 1.78. The number of carbonyl (C=O) groups is 1. The van der Waals surface area contributed by atoms with Gasteiger partial charge in [-0.1, -0.05) is 6.07 Å². The molecule has 0 aliphatic carbocycles. The lowest BCUT2D eigenvalue weighted by Gasteiger charge is -2.18. The van der Waals surface area contributed by atoms with Crippen LogP contribution in [0.3, 0.4) is 0 Å². The molecule has 0 fully saturated rings. The Bertz CT molecular complexity index is 635. The number of hydrogen-bond donors (Lipinski definition) is 2. The average Bonchev–Trinajstić information content (AvgIpc) is 2.49. The number of hydrogen-bond acceptors (Lipinski definition) is 3. The Hall–Kier alpha value is -2.36. The fourth-order valence-electron chi connectivity index (χ4n) is 2.35. The van der Waals surface area contributed by atoms with Crippen LogP contribution in [0.1, 0.15) is 27.9 Å². The fourth-order valence-corrected chi connectivity index (χ4v) is 2.35. The zero-order valence-corrected chi connectivity index (χ0v) is 11.4. The molecule has 3 rings (SSSR count).